The van der Waals surface area contributed by atoms with Crippen LogP contribution in [0.1, 0.15) is 29.2 Å². The summed E-state index contributed by atoms with van der Waals surface area (Å²) in [6.07, 6.45) is 0.721. The third-order valence-electron chi connectivity index (χ3n) is 2.56. The first-order valence-electron chi connectivity index (χ1n) is 6.08. The standard InChI is InChI=1S/C14H14BrNO2S/c1-3-11-12(14(17)18-4-2)19-13(16-11)9-6-5-7-10(15)8-9/h5-8H,3-4H2,1-2H3. The van der Waals surface area contributed by atoms with Gasteiger partial charge in [0.05, 0.1) is 12.3 Å². The molecule has 0 N–H and O–H groups in total. The first kappa shape index (κ1) is 14.2. The van der Waals surface area contributed by atoms with E-state index in [0.29, 0.717) is 11.5 Å². The van der Waals surface area contributed by atoms with Crippen LogP contribution in [0, 0.1) is 0 Å². The van der Waals surface area contributed by atoms with Crippen molar-refractivity contribution >= 4 is 33.2 Å². The number of nitrogens with zero attached hydrogens (tertiary/aromatic N) is 1. The fourth-order valence-corrected chi connectivity index (χ4v) is 3.14. The summed E-state index contributed by atoms with van der Waals surface area (Å²) in [5.41, 5.74) is 1.81. The molecule has 0 saturated heterocycles. The number of carbonyl (C=O) groups is 1. The number of halogens is 1. The van der Waals surface area contributed by atoms with E-state index in [1.54, 1.807) is 6.92 Å². The van der Waals surface area contributed by atoms with E-state index in [1.807, 2.05) is 31.2 Å². The molecule has 1 aromatic carbocycles. The second-order valence-corrected chi connectivity index (χ2v) is 5.79. The lowest BCUT2D eigenvalue weighted by molar-refractivity contribution is 0.0530. The molecule has 2 aromatic rings. The molecule has 0 atom stereocenters. The van der Waals surface area contributed by atoms with Crippen LogP contribution in [0.5, 0.6) is 0 Å². The van der Waals surface area contributed by atoms with E-state index in [1.165, 1.54) is 11.3 Å². The zero-order valence-corrected chi connectivity index (χ0v) is 13.2. The van der Waals surface area contributed by atoms with Crippen LogP contribution in [0.3, 0.4) is 0 Å². The number of carbonyl (C=O) groups excluding carboxylic acids is 1. The van der Waals surface area contributed by atoms with Gasteiger partial charge < -0.3 is 4.74 Å². The molecule has 1 heterocycles. The van der Waals surface area contributed by atoms with Crippen molar-refractivity contribution in [3.63, 3.8) is 0 Å². The van der Waals surface area contributed by atoms with Crippen LogP contribution < -0.4 is 0 Å². The molecule has 2 rings (SSSR count). The largest absolute Gasteiger partial charge is 0.462 e. The zero-order chi connectivity index (χ0) is 13.8. The van der Waals surface area contributed by atoms with Crippen LogP contribution in [0.4, 0.5) is 0 Å². The highest BCUT2D eigenvalue weighted by Crippen LogP contribution is 2.30. The van der Waals surface area contributed by atoms with E-state index in [9.17, 15) is 4.79 Å². The molecule has 0 unspecified atom stereocenters. The zero-order valence-electron chi connectivity index (χ0n) is 10.8. The highest BCUT2D eigenvalue weighted by atomic mass is 79.9. The van der Waals surface area contributed by atoms with Gasteiger partial charge in [0.2, 0.25) is 0 Å². The van der Waals surface area contributed by atoms with Gasteiger partial charge in [0, 0.05) is 10.0 Å². The fourth-order valence-electron chi connectivity index (χ4n) is 1.69. The van der Waals surface area contributed by atoms with Crippen molar-refractivity contribution in [3.8, 4) is 10.6 Å². The first-order chi connectivity index (χ1) is 9.15. The molecular weight excluding hydrogens is 326 g/mol. The molecule has 0 saturated carbocycles. The number of thiazole rings is 1. The van der Waals surface area contributed by atoms with Gasteiger partial charge in [-0.25, -0.2) is 9.78 Å². The summed E-state index contributed by atoms with van der Waals surface area (Å²) in [5.74, 6) is -0.280. The molecule has 0 fully saturated rings. The summed E-state index contributed by atoms with van der Waals surface area (Å²) >= 11 is 4.83. The molecule has 100 valence electrons. The molecule has 0 amide bonds. The Kier molecular flexibility index (Phi) is 4.71. The number of esters is 1. The molecule has 5 heteroatoms. The number of aromatic nitrogens is 1. The number of ether oxygens (including phenoxy) is 1. The van der Waals surface area contributed by atoms with Crippen molar-refractivity contribution in [1.82, 2.24) is 4.98 Å². The molecule has 0 radical (unpaired) electrons. The minimum Gasteiger partial charge on any atom is -0.462 e. The lowest BCUT2D eigenvalue weighted by atomic mass is 10.2. The summed E-state index contributed by atoms with van der Waals surface area (Å²) in [4.78, 5) is 17.0. The van der Waals surface area contributed by atoms with E-state index in [2.05, 4.69) is 20.9 Å². The highest BCUT2D eigenvalue weighted by molar-refractivity contribution is 9.10. The monoisotopic (exact) mass is 339 g/mol. The van der Waals surface area contributed by atoms with Crippen LogP contribution in [-0.4, -0.2) is 17.6 Å². The summed E-state index contributed by atoms with van der Waals surface area (Å²) in [5, 5.41) is 0.848. The van der Waals surface area contributed by atoms with Gasteiger partial charge in [-0.2, -0.15) is 0 Å². The van der Waals surface area contributed by atoms with Crippen LogP contribution in [0.15, 0.2) is 28.7 Å². The predicted molar refractivity (Wildman–Crippen MR) is 80.6 cm³/mol. The minimum absolute atomic E-state index is 0.280. The second-order valence-electron chi connectivity index (χ2n) is 3.88. The summed E-state index contributed by atoms with van der Waals surface area (Å²) in [6, 6.07) is 7.89. The van der Waals surface area contributed by atoms with Crippen molar-refractivity contribution in [2.75, 3.05) is 6.61 Å². The third kappa shape index (κ3) is 3.22. The molecule has 0 aliphatic heterocycles. The van der Waals surface area contributed by atoms with E-state index in [4.69, 9.17) is 4.74 Å². The third-order valence-corrected chi connectivity index (χ3v) is 4.18. The smallest absolute Gasteiger partial charge is 0.350 e. The van der Waals surface area contributed by atoms with Crippen molar-refractivity contribution in [1.29, 1.82) is 0 Å². The quantitative estimate of drug-likeness (QED) is 0.779. The number of hydrogen-bond donors (Lipinski definition) is 0. The first-order valence-corrected chi connectivity index (χ1v) is 7.69. The molecule has 0 spiro atoms. The Labute approximate surface area is 124 Å². The fraction of sp³-hybridized carbons (Fsp3) is 0.286. The van der Waals surface area contributed by atoms with Crippen LogP contribution >= 0.6 is 27.3 Å². The Hall–Kier alpha value is -1.20. The van der Waals surface area contributed by atoms with Crippen LogP contribution in [0.2, 0.25) is 0 Å². The average molecular weight is 340 g/mol. The number of aryl methyl sites for hydroxylation is 1. The van der Waals surface area contributed by atoms with Crippen molar-refractivity contribution < 1.29 is 9.53 Å². The maximum atomic E-state index is 11.9. The maximum Gasteiger partial charge on any atom is 0.350 e. The molecule has 0 aliphatic rings. The Morgan fingerprint density at radius 3 is 2.84 bits per heavy atom. The van der Waals surface area contributed by atoms with Gasteiger partial charge in [0.15, 0.2) is 0 Å². The van der Waals surface area contributed by atoms with E-state index < -0.39 is 0 Å². The van der Waals surface area contributed by atoms with Crippen LogP contribution in [-0.2, 0) is 11.2 Å². The lowest BCUT2D eigenvalue weighted by Crippen LogP contribution is -2.05. The molecule has 1 aromatic heterocycles. The normalized spacial score (nSPS) is 10.5. The number of benzene rings is 1. The molecular formula is C14H14BrNO2S. The maximum absolute atomic E-state index is 11.9. The molecule has 19 heavy (non-hydrogen) atoms. The van der Waals surface area contributed by atoms with Gasteiger partial charge in [0.25, 0.3) is 0 Å². The SMILES string of the molecule is CCOC(=O)c1sc(-c2cccc(Br)c2)nc1CC. The molecule has 0 aliphatic carbocycles. The van der Waals surface area contributed by atoms with E-state index in [0.717, 1.165) is 27.2 Å². The van der Waals surface area contributed by atoms with Crippen LogP contribution in [0.25, 0.3) is 10.6 Å². The van der Waals surface area contributed by atoms with E-state index >= 15 is 0 Å². The Morgan fingerprint density at radius 1 is 1.42 bits per heavy atom. The predicted octanol–water partition coefficient (Wildman–Crippen LogP) is 4.31. The van der Waals surface area contributed by atoms with Gasteiger partial charge in [-0.3, -0.25) is 0 Å². The highest BCUT2D eigenvalue weighted by Gasteiger charge is 2.18. The van der Waals surface area contributed by atoms with Gasteiger partial charge in [-0.1, -0.05) is 35.0 Å². The average Bonchev–Trinajstić information content (AvgIpc) is 2.83. The van der Waals surface area contributed by atoms with E-state index in [-0.39, 0.29) is 5.97 Å². The summed E-state index contributed by atoms with van der Waals surface area (Å²) in [6.45, 7) is 4.17. The Morgan fingerprint density at radius 2 is 2.21 bits per heavy atom. The number of hydrogen-bond acceptors (Lipinski definition) is 4. The lowest BCUT2D eigenvalue weighted by Gasteiger charge is -1.99. The minimum atomic E-state index is -0.280. The van der Waals surface area contributed by atoms with Gasteiger partial charge in [-0.15, -0.1) is 11.3 Å². The summed E-state index contributed by atoms with van der Waals surface area (Å²) < 4.78 is 6.06. The number of rotatable bonds is 4. The van der Waals surface area contributed by atoms with Gasteiger partial charge in [0.1, 0.15) is 9.88 Å². The Balaban J connectivity index is 2.41. The summed E-state index contributed by atoms with van der Waals surface area (Å²) in [7, 11) is 0. The second kappa shape index (κ2) is 6.30. The topological polar surface area (TPSA) is 39.2 Å². The van der Waals surface area contributed by atoms with Gasteiger partial charge >= 0.3 is 5.97 Å². The van der Waals surface area contributed by atoms with Crippen molar-refractivity contribution in [3.05, 3.63) is 39.3 Å². The van der Waals surface area contributed by atoms with Crippen molar-refractivity contribution in [2.45, 2.75) is 20.3 Å². The van der Waals surface area contributed by atoms with Gasteiger partial charge in [-0.05, 0) is 25.5 Å². The Bertz CT molecular complexity index is 595. The molecule has 3 nitrogen and oxygen atoms in total. The van der Waals surface area contributed by atoms with Crippen molar-refractivity contribution in [2.24, 2.45) is 0 Å². The molecule has 0 bridgehead atoms.